The number of hydrogen-bond donors (Lipinski definition) is 4. The zero-order valence-electron chi connectivity index (χ0n) is 16.1. The van der Waals surface area contributed by atoms with E-state index in [1.807, 2.05) is 19.9 Å². The number of ether oxygens (including phenoxy) is 2. The van der Waals surface area contributed by atoms with E-state index in [0.717, 1.165) is 44.2 Å². The number of rotatable bonds is 6. The van der Waals surface area contributed by atoms with Crippen LogP contribution >= 0.6 is 0 Å². The number of hydrogen-bond acceptors (Lipinski definition) is 4. The molecular formula is C19H30N4O4+2. The molecular weight excluding hydrogens is 348 g/mol. The smallest absolute Gasteiger partial charge is 0.321 e. The Morgan fingerprint density at radius 2 is 1.78 bits per heavy atom. The van der Waals surface area contributed by atoms with Crippen molar-refractivity contribution in [2.75, 3.05) is 46.1 Å². The van der Waals surface area contributed by atoms with Crippen LogP contribution in [0.1, 0.15) is 19.4 Å². The van der Waals surface area contributed by atoms with E-state index in [0.29, 0.717) is 25.8 Å². The van der Waals surface area contributed by atoms with Gasteiger partial charge in [0.2, 0.25) is 6.79 Å². The van der Waals surface area contributed by atoms with Gasteiger partial charge in [0.15, 0.2) is 18.0 Å². The van der Waals surface area contributed by atoms with E-state index in [1.165, 1.54) is 15.4 Å². The van der Waals surface area contributed by atoms with Gasteiger partial charge >= 0.3 is 6.03 Å². The third-order valence-corrected chi connectivity index (χ3v) is 4.89. The van der Waals surface area contributed by atoms with Gasteiger partial charge in [-0.3, -0.25) is 10.1 Å². The molecule has 3 amide bonds. The standard InChI is InChI=1S/C19H28N4O4/c1-14(2)10-20-19(25)21-18(24)12-23-7-5-22(6-8-23)11-15-3-4-16-17(9-15)27-13-26-16/h3-4,9,14H,5-8,10-13H2,1-2H3,(H2,20,21,24,25)/p+2. The number of amides is 3. The van der Waals surface area contributed by atoms with Gasteiger partial charge in [0.05, 0.1) is 0 Å². The van der Waals surface area contributed by atoms with Crippen LogP contribution in [0.15, 0.2) is 18.2 Å². The number of fused-ring (bicyclic) bond motifs is 1. The molecule has 148 valence electrons. The lowest BCUT2D eigenvalue weighted by atomic mass is 10.1. The highest BCUT2D eigenvalue weighted by atomic mass is 16.7. The van der Waals surface area contributed by atoms with Crippen LogP contribution in [-0.2, 0) is 11.3 Å². The van der Waals surface area contributed by atoms with Crippen molar-refractivity contribution in [1.82, 2.24) is 10.6 Å². The summed E-state index contributed by atoms with van der Waals surface area (Å²) in [5, 5.41) is 5.11. The second kappa shape index (κ2) is 9.05. The fourth-order valence-corrected chi connectivity index (χ4v) is 3.39. The molecule has 1 aromatic rings. The summed E-state index contributed by atoms with van der Waals surface area (Å²) < 4.78 is 10.8. The van der Waals surface area contributed by atoms with E-state index in [9.17, 15) is 9.59 Å². The van der Waals surface area contributed by atoms with Crippen LogP contribution < -0.4 is 29.9 Å². The van der Waals surface area contributed by atoms with Gasteiger partial charge in [-0.05, 0) is 24.1 Å². The Balaban J connectivity index is 1.37. The van der Waals surface area contributed by atoms with Gasteiger partial charge in [0.25, 0.3) is 5.91 Å². The third kappa shape index (κ3) is 5.83. The molecule has 0 radical (unpaired) electrons. The molecule has 27 heavy (non-hydrogen) atoms. The van der Waals surface area contributed by atoms with Gasteiger partial charge in [0, 0.05) is 12.1 Å². The molecule has 1 fully saturated rings. The zero-order chi connectivity index (χ0) is 19.2. The molecule has 0 unspecified atom stereocenters. The molecule has 2 heterocycles. The summed E-state index contributed by atoms with van der Waals surface area (Å²) in [5.74, 6) is 1.78. The third-order valence-electron chi connectivity index (χ3n) is 4.89. The quantitative estimate of drug-likeness (QED) is 0.470. The fraction of sp³-hybridized carbons (Fsp3) is 0.579. The average molecular weight is 378 g/mol. The van der Waals surface area contributed by atoms with E-state index in [4.69, 9.17) is 9.47 Å². The van der Waals surface area contributed by atoms with Gasteiger partial charge in [-0.25, -0.2) is 4.79 Å². The van der Waals surface area contributed by atoms with Crippen LogP contribution in [-0.4, -0.2) is 58.0 Å². The Morgan fingerprint density at radius 3 is 2.52 bits per heavy atom. The molecule has 8 heteroatoms. The van der Waals surface area contributed by atoms with Crippen LogP contribution in [0, 0.1) is 5.92 Å². The number of urea groups is 1. The van der Waals surface area contributed by atoms with E-state index in [1.54, 1.807) is 0 Å². The predicted octanol–water partition coefficient (Wildman–Crippen LogP) is -1.82. The van der Waals surface area contributed by atoms with Crippen LogP contribution in [0.25, 0.3) is 0 Å². The molecule has 4 N–H and O–H groups in total. The second-order valence-corrected chi connectivity index (χ2v) is 7.69. The van der Waals surface area contributed by atoms with Gasteiger partial charge in [0.1, 0.15) is 32.7 Å². The van der Waals surface area contributed by atoms with Crippen LogP contribution in [0.2, 0.25) is 0 Å². The lowest BCUT2D eigenvalue weighted by Crippen LogP contribution is -3.28. The molecule has 0 saturated carbocycles. The van der Waals surface area contributed by atoms with E-state index >= 15 is 0 Å². The molecule has 0 spiro atoms. The molecule has 0 aliphatic carbocycles. The predicted molar refractivity (Wildman–Crippen MR) is 98.9 cm³/mol. The zero-order valence-corrected chi connectivity index (χ0v) is 16.1. The lowest BCUT2D eigenvalue weighted by molar-refractivity contribution is -1.02. The maximum atomic E-state index is 12.0. The van der Waals surface area contributed by atoms with Crippen molar-refractivity contribution < 1.29 is 28.9 Å². The van der Waals surface area contributed by atoms with Gasteiger partial charge < -0.3 is 24.6 Å². The number of carbonyl (C=O) groups excluding carboxylic acids is 2. The van der Waals surface area contributed by atoms with Crippen LogP contribution in [0.5, 0.6) is 11.5 Å². The number of quaternary nitrogens is 2. The van der Waals surface area contributed by atoms with Crippen molar-refractivity contribution in [3.63, 3.8) is 0 Å². The Bertz CT molecular complexity index is 672. The van der Waals surface area contributed by atoms with E-state index in [2.05, 4.69) is 22.8 Å². The molecule has 8 nitrogen and oxygen atoms in total. The van der Waals surface area contributed by atoms with Gasteiger partial charge in [-0.1, -0.05) is 13.8 Å². The first-order valence-corrected chi connectivity index (χ1v) is 9.63. The Labute approximate surface area is 159 Å². The minimum absolute atomic E-state index is 0.217. The first-order chi connectivity index (χ1) is 13.0. The Hall–Kier alpha value is -2.32. The number of piperazine rings is 1. The van der Waals surface area contributed by atoms with E-state index in [-0.39, 0.29) is 5.91 Å². The van der Waals surface area contributed by atoms with Crippen molar-refractivity contribution in [2.24, 2.45) is 5.92 Å². The Morgan fingerprint density at radius 1 is 1.07 bits per heavy atom. The highest BCUT2D eigenvalue weighted by molar-refractivity contribution is 5.94. The number of imide groups is 1. The summed E-state index contributed by atoms with van der Waals surface area (Å²) in [6.07, 6.45) is 0. The highest BCUT2D eigenvalue weighted by Gasteiger charge is 2.26. The molecule has 2 aliphatic heterocycles. The molecule has 0 bridgehead atoms. The normalized spacial score (nSPS) is 21.1. The minimum atomic E-state index is -0.403. The molecule has 1 aromatic carbocycles. The highest BCUT2D eigenvalue weighted by Crippen LogP contribution is 2.32. The Kier molecular flexibility index (Phi) is 6.52. The monoisotopic (exact) mass is 378 g/mol. The number of carbonyl (C=O) groups is 2. The van der Waals surface area contributed by atoms with Crippen molar-refractivity contribution in [3.05, 3.63) is 23.8 Å². The minimum Gasteiger partial charge on any atom is -0.454 e. The molecule has 0 atom stereocenters. The summed E-state index contributed by atoms with van der Waals surface area (Å²) in [5.41, 5.74) is 1.23. The van der Waals surface area contributed by atoms with Gasteiger partial charge in [-0.15, -0.1) is 0 Å². The summed E-state index contributed by atoms with van der Waals surface area (Å²) >= 11 is 0. The van der Waals surface area contributed by atoms with Gasteiger partial charge in [-0.2, -0.15) is 0 Å². The lowest BCUT2D eigenvalue weighted by Gasteiger charge is -2.29. The fourth-order valence-electron chi connectivity index (χ4n) is 3.39. The summed E-state index contributed by atoms with van der Waals surface area (Å²) in [6, 6.07) is 5.70. The van der Waals surface area contributed by atoms with Crippen molar-refractivity contribution in [3.8, 4) is 11.5 Å². The first kappa shape index (κ1) is 19.4. The SMILES string of the molecule is CC(C)CNC(=O)NC(=O)C[NH+]1CC[NH+](Cc2ccc3c(c2)OCO3)CC1. The van der Waals surface area contributed by atoms with Crippen LogP contribution in [0.3, 0.4) is 0 Å². The largest absolute Gasteiger partial charge is 0.454 e. The first-order valence-electron chi connectivity index (χ1n) is 9.63. The molecule has 0 aromatic heterocycles. The van der Waals surface area contributed by atoms with Crippen molar-refractivity contribution in [1.29, 1.82) is 0 Å². The average Bonchev–Trinajstić information content (AvgIpc) is 3.09. The van der Waals surface area contributed by atoms with Crippen LogP contribution in [0.4, 0.5) is 4.79 Å². The molecule has 1 saturated heterocycles. The maximum absolute atomic E-state index is 12.0. The topological polar surface area (TPSA) is 85.5 Å². The maximum Gasteiger partial charge on any atom is 0.321 e. The van der Waals surface area contributed by atoms with Crippen molar-refractivity contribution >= 4 is 11.9 Å². The molecule has 3 rings (SSSR count). The van der Waals surface area contributed by atoms with E-state index < -0.39 is 6.03 Å². The molecule has 2 aliphatic rings. The second-order valence-electron chi connectivity index (χ2n) is 7.69. The summed E-state index contributed by atoms with van der Waals surface area (Å²) in [6.45, 7) is 9.99. The summed E-state index contributed by atoms with van der Waals surface area (Å²) in [7, 11) is 0. The summed E-state index contributed by atoms with van der Waals surface area (Å²) in [4.78, 5) is 26.4. The number of benzene rings is 1. The number of nitrogens with one attached hydrogen (secondary N) is 4. The van der Waals surface area contributed by atoms with Crippen molar-refractivity contribution in [2.45, 2.75) is 20.4 Å².